The Kier molecular flexibility index (Phi) is 7.94. The highest BCUT2D eigenvalue weighted by molar-refractivity contribution is 7.80. The number of hydrogen-bond donors (Lipinski definition) is 0. The van der Waals surface area contributed by atoms with Crippen molar-refractivity contribution in [3.63, 3.8) is 0 Å². The molecule has 6 aromatic rings. The minimum absolute atomic E-state index is 0.0455. The van der Waals surface area contributed by atoms with Gasteiger partial charge in [0.1, 0.15) is 12.6 Å². The molecule has 0 amide bonds. The zero-order valence-corrected chi connectivity index (χ0v) is 24.7. The van der Waals surface area contributed by atoms with Gasteiger partial charge in [-0.05, 0) is 51.7 Å². The molecular weight excluding hydrogens is 541 g/mol. The molecule has 0 aromatic heterocycles. The molecule has 0 bridgehead atoms. The van der Waals surface area contributed by atoms with E-state index in [1.807, 2.05) is 0 Å². The van der Waals surface area contributed by atoms with Crippen LogP contribution in [0.2, 0.25) is 0 Å². The van der Waals surface area contributed by atoms with E-state index in [1.165, 1.54) is 43.7 Å². The quantitative estimate of drug-likeness (QED) is 0.168. The van der Waals surface area contributed by atoms with Crippen molar-refractivity contribution in [2.75, 3.05) is 6.61 Å². The molecule has 0 fully saturated rings. The van der Waals surface area contributed by atoms with Crippen LogP contribution in [-0.4, -0.2) is 12.5 Å². The molecule has 1 aliphatic rings. The fourth-order valence-electron chi connectivity index (χ4n) is 5.99. The van der Waals surface area contributed by atoms with Crippen LogP contribution in [0, 0.1) is 0 Å². The highest BCUT2D eigenvalue weighted by Gasteiger charge is 2.31. The third-order valence-electron chi connectivity index (χ3n) is 7.97. The lowest BCUT2D eigenvalue weighted by Crippen LogP contribution is -2.22. The maximum absolute atomic E-state index is 6.45. The van der Waals surface area contributed by atoms with Crippen molar-refractivity contribution < 1.29 is 4.74 Å². The fourth-order valence-corrected chi connectivity index (χ4v) is 8.45. The molecule has 0 saturated heterocycles. The Hall–Kier alpha value is -4.78. The summed E-state index contributed by atoms with van der Waals surface area (Å²) < 4.78 is 6.45. The Bertz CT molecular complexity index is 1740. The summed E-state index contributed by atoms with van der Waals surface area (Å²) in [6.45, 7) is 0.525. The Balaban J connectivity index is 1.32. The first kappa shape index (κ1) is 27.1. The molecule has 3 heteroatoms. The summed E-state index contributed by atoms with van der Waals surface area (Å²) in [7, 11) is -0.762. The molecule has 0 unspecified atom stereocenters. The van der Waals surface area contributed by atoms with Gasteiger partial charge >= 0.3 is 0 Å². The molecular formula is C40H32NOP. The summed E-state index contributed by atoms with van der Waals surface area (Å²) >= 11 is 0. The fraction of sp³-hybridized carbons (Fsp3) is 0.0750. The first-order chi connectivity index (χ1) is 21.4. The summed E-state index contributed by atoms with van der Waals surface area (Å²) in [4.78, 5) is 5.29. The molecule has 1 heterocycles. The maximum atomic E-state index is 6.45. The van der Waals surface area contributed by atoms with Crippen LogP contribution in [0.3, 0.4) is 0 Å². The van der Waals surface area contributed by atoms with Crippen LogP contribution in [0.1, 0.15) is 28.7 Å². The molecule has 0 spiro atoms. The highest BCUT2D eigenvalue weighted by Crippen LogP contribution is 2.41. The first-order valence-electron chi connectivity index (χ1n) is 14.8. The van der Waals surface area contributed by atoms with Crippen molar-refractivity contribution >= 4 is 29.7 Å². The predicted molar refractivity (Wildman–Crippen MR) is 181 cm³/mol. The molecule has 43 heavy (non-hydrogen) atoms. The Morgan fingerprint density at radius 1 is 0.512 bits per heavy atom. The van der Waals surface area contributed by atoms with E-state index in [2.05, 4.69) is 170 Å². The standard InChI is InChI=1S/C40H32NOP/c1-5-17-30(18-6-1)39(31-19-7-2-8-20-31)40-41-37(29-42-40)35-26-14-13-25-34(35)36-27-15-16-28-38(36)43(32-21-9-3-10-22-32)33-23-11-4-12-24-33/h1-28,37,39H,29H2/t37-/m1/s1. The molecule has 1 aliphatic heterocycles. The summed E-state index contributed by atoms with van der Waals surface area (Å²) in [5, 5.41) is 4.02. The number of benzene rings is 6. The van der Waals surface area contributed by atoms with E-state index in [4.69, 9.17) is 9.73 Å². The topological polar surface area (TPSA) is 21.6 Å². The van der Waals surface area contributed by atoms with Gasteiger partial charge in [-0.1, -0.05) is 170 Å². The smallest absolute Gasteiger partial charge is 0.196 e. The van der Waals surface area contributed by atoms with Crippen LogP contribution in [0.25, 0.3) is 11.1 Å². The van der Waals surface area contributed by atoms with E-state index in [9.17, 15) is 0 Å². The van der Waals surface area contributed by atoms with Gasteiger partial charge in [-0.25, -0.2) is 4.99 Å². The van der Waals surface area contributed by atoms with Crippen molar-refractivity contribution in [2.24, 2.45) is 4.99 Å². The molecule has 2 nitrogen and oxygen atoms in total. The van der Waals surface area contributed by atoms with Gasteiger partial charge in [-0.15, -0.1) is 0 Å². The second-order valence-corrected chi connectivity index (χ2v) is 12.8. The minimum atomic E-state index is -0.762. The van der Waals surface area contributed by atoms with Gasteiger partial charge in [0.15, 0.2) is 5.90 Å². The van der Waals surface area contributed by atoms with Crippen LogP contribution in [-0.2, 0) is 4.74 Å². The summed E-state index contributed by atoms with van der Waals surface area (Å²) in [6, 6.07) is 60.5. The minimum Gasteiger partial charge on any atom is -0.478 e. The number of nitrogens with zero attached hydrogens (tertiary/aromatic N) is 1. The lowest BCUT2D eigenvalue weighted by molar-refractivity contribution is 0.310. The van der Waals surface area contributed by atoms with Gasteiger partial charge in [0.2, 0.25) is 0 Å². The van der Waals surface area contributed by atoms with Crippen LogP contribution in [0.5, 0.6) is 0 Å². The zero-order valence-electron chi connectivity index (χ0n) is 23.8. The van der Waals surface area contributed by atoms with Gasteiger partial charge in [-0.2, -0.15) is 0 Å². The van der Waals surface area contributed by atoms with Gasteiger partial charge in [0, 0.05) is 0 Å². The maximum Gasteiger partial charge on any atom is 0.196 e. The second kappa shape index (κ2) is 12.6. The number of hydrogen-bond acceptors (Lipinski definition) is 2. The Labute approximate surface area is 255 Å². The molecule has 1 atom stereocenters. The van der Waals surface area contributed by atoms with Gasteiger partial charge in [0.25, 0.3) is 0 Å². The Morgan fingerprint density at radius 2 is 0.977 bits per heavy atom. The van der Waals surface area contributed by atoms with Crippen molar-refractivity contribution in [3.05, 3.63) is 187 Å². The number of rotatable bonds is 8. The summed E-state index contributed by atoms with van der Waals surface area (Å²) in [6.07, 6.45) is 0. The van der Waals surface area contributed by atoms with Gasteiger partial charge < -0.3 is 4.74 Å². The van der Waals surface area contributed by atoms with Crippen molar-refractivity contribution in [2.45, 2.75) is 12.0 Å². The van der Waals surface area contributed by atoms with E-state index in [0.29, 0.717) is 6.61 Å². The molecule has 7 rings (SSSR count). The van der Waals surface area contributed by atoms with Gasteiger partial charge in [-0.3, -0.25) is 0 Å². The van der Waals surface area contributed by atoms with Gasteiger partial charge in [0.05, 0.1) is 5.92 Å². The summed E-state index contributed by atoms with van der Waals surface area (Å²) in [5.74, 6) is 0.733. The van der Waals surface area contributed by atoms with E-state index in [0.717, 1.165) is 5.90 Å². The van der Waals surface area contributed by atoms with Crippen molar-refractivity contribution in [3.8, 4) is 11.1 Å². The molecule has 0 radical (unpaired) electrons. The monoisotopic (exact) mass is 573 g/mol. The van der Waals surface area contributed by atoms with Crippen molar-refractivity contribution in [1.82, 2.24) is 0 Å². The third kappa shape index (κ3) is 5.67. The summed E-state index contributed by atoms with van der Waals surface area (Å²) in [5.41, 5.74) is 6.03. The molecule has 6 aromatic carbocycles. The normalized spacial score (nSPS) is 14.5. The van der Waals surface area contributed by atoms with E-state index in [1.54, 1.807) is 0 Å². The second-order valence-electron chi connectivity index (χ2n) is 10.7. The average Bonchev–Trinajstić information content (AvgIpc) is 3.57. The Morgan fingerprint density at radius 3 is 1.56 bits per heavy atom. The molecule has 0 aliphatic carbocycles. The third-order valence-corrected chi connectivity index (χ3v) is 10.5. The SMILES string of the molecule is c1ccc(C(C2=N[C@@H](c3ccccc3-c3ccccc3P(c3ccccc3)c3ccccc3)CO2)c2ccccc2)cc1. The largest absolute Gasteiger partial charge is 0.478 e. The van der Waals surface area contributed by atoms with Crippen LogP contribution >= 0.6 is 7.92 Å². The molecule has 208 valence electrons. The lowest BCUT2D eigenvalue weighted by Gasteiger charge is -2.24. The lowest BCUT2D eigenvalue weighted by atomic mass is 9.91. The first-order valence-corrected chi connectivity index (χ1v) is 16.1. The molecule has 0 N–H and O–H groups in total. The van der Waals surface area contributed by atoms with E-state index in [-0.39, 0.29) is 12.0 Å². The number of aliphatic imine (C=N–C) groups is 1. The van der Waals surface area contributed by atoms with Crippen molar-refractivity contribution in [1.29, 1.82) is 0 Å². The average molecular weight is 574 g/mol. The van der Waals surface area contributed by atoms with Crippen LogP contribution in [0.4, 0.5) is 0 Å². The highest BCUT2D eigenvalue weighted by atomic mass is 31.1. The van der Waals surface area contributed by atoms with Crippen LogP contribution < -0.4 is 15.9 Å². The van der Waals surface area contributed by atoms with Crippen LogP contribution in [0.15, 0.2) is 175 Å². The number of ether oxygens (including phenoxy) is 1. The van der Waals surface area contributed by atoms with E-state index < -0.39 is 7.92 Å². The zero-order chi connectivity index (χ0) is 28.8. The molecule has 0 saturated carbocycles. The predicted octanol–water partition coefficient (Wildman–Crippen LogP) is 8.41. The van der Waals surface area contributed by atoms with E-state index >= 15 is 0 Å².